The van der Waals surface area contributed by atoms with Crippen LogP contribution in [0.15, 0.2) is 23.8 Å². The smallest absolute Gasteiger partial charge is 0.155 e. The van der Waals surface area contributed by atoms with Gasteiger partial charge in [-0.25, -0.2) is 0 Å². The summed E-state index contributed by atoms with van der Waals surface area (Å²) in [5.41, 5.74) is 3.18. The third-order valence-electron chi connectivity index (χ3n) is 7.86. The normalized spacial score (nSPS) is 48.8. The average molecular weight is 309 g/mol. The van der Waals surface area contributed by atoms with Crippen LogP contribution < -0.4 is 0 Å². The van der Waals surface area contributed by atoms with Crippen molar-refractivity contribution in [3.8, 4) is 6.07 Å². The highest BCUT2D eigenvalue weighted by Crippen LogP contribution is 2.67. The monoisotopic (exact) mass is 309 g/mol. The van der Waals surface area contributed by atoms with Gasteiger partial charge in [0.2, 0.25) is 0 Å². The second-order valence-corrected chi connectivity index (χ2v) is 9.11. The predicted octanol–water partition coefficient (Wildman–Crippen LogP) is 4.82. The Morgan fingerprint density at radius 1 is 1.26 bits per heavy atom. The Bertz CT molecular complexity index is 653. The zero-order valence-electron chi connectivity index (χ0n) is 14.4. The van der Waals surface area contributed by atoms with Crippen molar-refractivity contribution in [3.63, 3.8) is 0 Å². The first-order chi connectivity index (χ1) is 10.9. The van der Waals surface area contributed by atoms with Crippen LogP contribution in [0.5, 0.6) is 0 Å². The molecule has 4 aliphatic carbocycles. The van der Waals surface area contributed by atoms with E-state index in [0.29, 0.717) is 29.6 Å². The molecule has 0 heterocycles. The summed E-state index contributed by atoms with van der Waals surface area (Å²) in [5.74, 6) is 2.04. The molecule has 0 bridgehead atoms. The fourth-order valence-electron chi connectivity index (χ4n) is 6.66. The molecule has 122 valence electrons. The third kappa shape index (κ3) is 2.02. The van der Waals surface area contributed by atoms with Crippen molar-refractivity contribution in [2.24, 2.45) is 34.5 Å². The molecule has 2 nitrogen and oxygen atoms in total. The topological polar surface area (TPSA) is 40.9 Å². The van der Waals surface area contributed by atoms with Crippen LogP contribution in [-0.2, 0) is 4.79 Å². The third-order valence-corrected chi connectivity index (χ3v) is 7.86. The number of rotatable bonds is 0. The number of fused-ring (bicyclic) bond motifs is 5. The first-order valence-corrected chi connectivity index (χ1v) is 9.17. The van der Waals surface area contributed by atoms with Crippen molar-refractivity contribution in [2.75, 3.05) is 0 Å². The molecule has 2 heteroatoms. The molecule has 3 saturated carbocycles. The van der Waals surface area contributed by atoms with E-state index in [1.165, 1.54) is 24.0 Å². The zero-order valence-corrected chi connectivity index (χ0v) is 14.4. The summed E-state index contributed by atoms with van der Waals surface area (Å²) in [7, 11) is 0. The minimum absolute atomic E-state index is 0.0840. The van der Waals surface area contributed by atoms with E-state index in [1.54, 1.807) is 0 Å². The SMILES string of the molecule is C=C1C[C@H]2[C@@H]3[C@@H](C#N)CC4=CC(=O)CC[C@]4(C)[C@H]3CC[C@]2(C)C1. The van der Waals surface area contributed by atoms with Gasteiger partial charge in [-0.1, -0.05) is 31.6 Å². The Labute approximate surface area is 139 Å². The van der Waals surface area contributed by atoms with Crippen LogP contribution in [0.1, 0.15) is 58.8 Å². The van der Waals surface area contributed by atoms with Gasteiger partial charge in [0, 0.05) is 6.42 Å². The van der Waals surface area contributed by atoms with Gasteiger partial charge in [0.1, 0.15) is 0 Å². The first kappa shape index (κ1) is 15.2. The van der Waals surface area contributed by atoms with Gasteiger partial charge in [-0.05, 0) is 73.2 Å². The molecule has 0 spiro atoms. The van der Waals surface area contributed by atoms with Crippen LogP contribution in [0.4, 0.5) is 0 Å². The highest BCUT2D eigenvalue weighted by molar-refractivity contribution is 5.91. The molecule has 0 amide bonds. The lowest BCUT2D eigenvalue weighted by Gasteiger charge is -2.58. The zero-order chi connectivity index (χ0) is 16.4. The van der Waals surface area contributed by atoms with Crippen molar-refractivity contribution in [1.82, 2.24) is 0 Å². The van der Waals surface area contributed by atoms with E-state index >= 15 is 0 Å². The highest BCUT2D eigenvalue weighted by atomic mass is 16.1. The summed E-state index contributed by atoms with van der Waals surface area (Å²) in [6.45, 7) is 9.09. The molecule has 0 N–H and O–H groups in total. The molecule has 23 heavy (non-hydrogen) atoms. The maximum Gasteiger partial charge on any atom is 0.155 e. The van der Waals surface area contributed by atoms with Gasteiger partial charge in [0.15, 0.2) is 5.78 Å². The summed E-state index contributed by atoms with van der Waals surface area (Å²) in [6, 6.07) is 2.63. The second kappa shape index (κ2) is 4.82. The quantitative estimate of drug-likeness (QED) is 0.602. The van der Waals surface area contributed by atoms with Crippen molar-refractivity contribution >= 4 is 5.78 Å². The predicted molar refractivity (Wildman–Crippen MR) is 90.3 cm³/mol. The highest BCUT2D eigenvalue weighted by Gasteiger charge is 2.59. The van der Waals surface area contributed by atoms with E-state index in [9.17, 15) is 10.1 Å². The van der Waals surface area contributed by atoms with E-state index in [0.717, 1.165) is 25.7 Å². The standard InChI is InChI=1S/C21H27NO/c1-13-8-18-19-14(12-22)9-15-10-16(23)4-7-21(15,3)17(19)5-6-20(18,2)11-13/h10,14,17-19H,1,4-9,11H2,2-3H3/t14-,17+,18+,19-,20-,21+/m1/s1. The Morgan fingerprint density at radius 3 is 2.78 bits per heavy atom. The fraction of sp³-hybridized carbons (Fsp3) is 0.714. The van der Waals surface area contributed by atoms with E-state index in [4.69, 9.17) is 0 Å². The lowest BCUT2D eigenvalue weighted by molar-refractivity contribution is -0.117. The Hall–Kier alpha value is -1.36. The van der Waals surface area contributed by atoms with Crippen LogP contribution in [0, 0.1) is 45.8 Å². The summed E-state index contributed by atoms with van der Waals surface area (Å²) >= 11 is 0. The summed E-state index contributed by atoms with van der Waals surface area (Å²) < 4.78 is 0. The molecule has 3 fully saturated rings. The van der Waals surface area contributed by atoms with Crippen LogP contribution in [0.3, 0.4) is 0 Å². The number of carbonyl (C=O) groups excluding carboxylic acids is 1. The molecule has 0 aromatic carbocycles. The first-order valence-electron chi connectivity index (χ1n) is 9.17. The molecule has 0 radical (unpaired) electrons. The van der Waals surface area contributed by atoms with E-state index in [-0.39, 0.29) is 17.1 Å². The molecular formula is C21H27NO. The Balaban J connectivity index is 1.78. The lowest BCUT2D eigenvalue weighted by atomic mass is 9.45. The number of nitrogens with zero attached hydrogens (tertiary/aromatic N) is 1. The van der Waals surface area contributed by atoms with Crippen molar-refractivity contribution in [2.45, 2.75) is 58.8 Å². The van der Waals surface area contributed by atoms with Crippen LogP contribution in [0.2, 0.25) is 0 Å². The van der Waals surface area contributed by atoms with Crippen LogP contribution in [-0.4, -0.2) is 5.78 Å². The number of carbonyl (C=O) groups is 1. The average Bonchev–Trinajstić information content (AvgIpc) is 2.81. The van der Waals surface area contributed by atoms with Crippen molar-refractivity contribution in [3.05, 3.63) is 23.8 Å². The molecule has 0 aliphatic heterocycles. The molecule has 0 aromatic rings. The van der Waals surface area contributed by atoms with E-state index in [1.807, 2.05) is 6.08 Å². The Kier molecular flexibility index (Phi) is 3.18. The van der Waals surface area contributed by atoms with E-state index < -0.39 is 0 Å². The number of hydrogen-bond donors (Lipinski definition) is 0. The number of hydrogen-bond acceptors (Lipinski definition) is 2. The van der Waals surface area contributed by atoms with Gasteiger partial charge in [0.05, 0.1) is 12.0 Å². The number of allylic oxidation sites excluding steroid dienone is 2. The molecular weight excluding hydrogens is 282 g/mol. The van der Waals surface area contributed by atoms with Gasteiger partial charge in [-0.15, -0.1) is 0 Å². The minimum atomic E-state index is 0.0840. The van der Waals surface area contributed by atoms with Crippen LogP contribution in [0.25, 0.3) is 0 Å². The Morgan fingerprint density at radius 2 is 2.04 bits per heavy atom. The number of nitriles is 1. The van der Waals surface area contributed by atoms with E-state index in [2.05, 4.69) is 26.5 Å². The van der Waals surface area contributed by atoms with Crippen LogP contribution >= 0.6 is 0 Å². The summed E-state index contributed by atoms with van der Waals surface area (Å²) in [5, 5.41) is 9.86. The lowest BCUT2D eigenvalue weighted by Crippen LogP contribution is -2.52. The molecule has 6 atom stereocenters. The van der Waals surface area contributed by atoms with Crippen molar-refractivity contribution in [1.29, 1.82) is 5.26 Å². The molecule has 0 aromatic heterocycles. The molecule has 0 unspecified atom stereocenters. The minimum Gasteiger partial charge on any atom is -0.295 e. The van der Waals surface area contributed by atoms with Gasteiger partial charge in [-0.3, -0.25) is 4.79 Å². The largest absolute Gasteiger partial charge is 0.295 e. The molecule has 4 aliphatic rings. The van der Waals surface area contributed by atoms with Gasteiger partial charge < -0.3 is 0 Å². The second-order valence-electron chi connectivity index (χ2n) is 9.11. The fourth-order valence-corrected chi connectivity index (χ4v) is 6.66. The van der Waals surface area contributed by atoms with Gasteiger partial charge in [0.25, 0.3) is 0 Å². The molecule has 0 saturated heterocycles. The maximum atomic E-state index is 11.9. The molecule has 4 rings (SSSR count). The van der Waals surface area contributed by atoms with Gasteiger partial charge >= 0.3 is 0 Å². The van der Waals surface area contributed by atoms with Gasteiger partial charge in [-0.2, -0.15) is 5.26 Å². The number of ketones is 1. The van der Waals surface area contributed by atoms with Crippen molar-refractivity contribution < 1.29 is 4.79 Å². The summed E-state index contributed by atoms with van der Waals surface area (Å²) in [6.07, 6.45) is 9.12. The maximum absolute atomic E-state index is 11.9. The summed E-state index contributed by atoms with van der Waals surface area (Å²) in [4.78, 5) is 11.9.